The number of halogens is 1. The molecule has 2 aromatic rings. The highest BCUT2D eigenvalue weighted by atomic mass is 35.5. The Morgan fingerprint density at radius 1 is 1.00 bits per heavy atom. The number of rotatable bonds is 2. The maximum Gasteiger partial charge on any atom is 0.140 e. The van der Waals surface area contributed by atoms with Gasteiger partial charge in [-0.3, -0.25) is 0 Å². The maximum atomic E-state index is 8.78. The van der Waals surface area contributed by atoms with Crippen LogP contribution in [0.5, 0.6) is 0 Å². The van der Waals surface area contributed by atoms with Crippen molar-refractivity contribution in [3.05, 3.63) is 53.3 Å². The molecule has 0 amide bonds. The van der Waals surface area contributed by atoms with E-state index in [1.54, 1.807) is 12.3 Å². The monoisotopic (exact) mass is 298 g/mol. The maximum absolute atomic E-state index is 8.78. The van der Waals surface area contributed by atoms with Crippen molar-refractivity contribution < 1.29 is 0 Å². The molecule has 106 valence electrons. The van der Waals surface area contributed by atoms with Crippen molar-refractivity contribution in [1.82, 2.24) is 4.98 Å². The lowest BCUT2D eigenvalue weighted by Crippen LogP contribution is -2.46. The van der Waals surface area contributed by atoms with E-state index in [9.17, 15) is 0 Å². The smallest absolute Gasteiger partial charge is 0.140 e. The number of hydrogen-bond donors (Lipinski definition) is 0. The van der Waals surface area contributed by atoms with Crippen LogP contribution < -0.4 is 9.80 Å². The summed E-state index contributed by atoms with van der Waals surface area (Å²) in [6, 6.07) is 13.7. The molecule has 0 aliphatic carbocycles. The molecule has 0 radical (unpaired) electrons. The molecule has 5 heteroatoms. The Labute approximate surface area is 129 Å². The van der Waals surface area contributed by atoms with E-state index in [4.69, 9.17) is 16.9 Å². The first-order valence-corrected chi connectivity index (χ1v) is 7.26. The number of hydrogen-bond acceptors (Lipinski definition) is 4. The first-order valence-electron chi connectivity index (χ1n) is 6.88. The number of para-hydroxylation sites is 1. The van der Waals surface area contributed by atoms with Gasteiger partial charge in [0, 0.05) is 26.2 Å². The van der Waals surface area contributed by atoms with Crippen LogP contribution in [0, 0.1) is 11.3 Å². The van der Waals surface area contributed by atoms with Gasteiger partial charge in [0.1, 0.15) is 11.8 Å². The highest BCUT2D eigenvalue weighted by molar-refractivity contribution is 6.33. The Bertz CT molecular complexity index is 655. The molecule has 21 heavy (non-hydrogen) atoms. The van der Waals surface area contributed by atoms with E-state index in [0.29, 0.717) is 5.69 Å². The van der Waals surface area contributed by atoms with Gasteiger partial charge in [0.15, 0.2) is 0 Å². The van der Waals surface area contributed by atoms with Crippen LogP contribution in [0.4, 0.5) is 11.4 Å². The number of nitriles is 1. The minimum absolute atomic E-state index is 0.452. The standard InChI is InChI=1S/C16H15ClN4/c17-15-3-1-2-4-16(15)21-9-7-20(8-10-21)14-6-5-13(11-18)19-12-14/h1-6,12H,7-10H2. The van der Waals surface area contributed by atoms with E-state index in [0.717, 1.165) is 42.6 Å². The minimum Gasteiger partial charge on any atom is -0.367 e. The lowest BCUT2D eigenvalue weighted by molar-refractivity contribution is 0.653. The Hall–Kier alpha value is -2.25. The first kappa shape index (κ1) is 13.7. The summed E-state index contributed by atoms with van der Waals surface area (Å²) in [5, 5.41) is 9.58. The van der Waals surface area contributed by atoms with Crippen molar-refractivity contribution in [3.63, 3.8) is 0 Å². The molecule has 0 unspecified atom stereocenters. The van der Waals surface area contributed by atoms with Crippen LogP contribution in [0.15, 0.2) is 42.6 Å². The summed E-state index contributed by atoms with van der Waals surface area (Å²) in [5.41, 5.74) is 2.61. The highest BCUT2D eigenvalue weighted by Gasteiger charge is 2.19. The number of benzene rings is 1. The summed E-state index contributed by atoms with van der Waals surface area (Å²) < 4.78 is 0. The number of anilines is 2. The molecule has 1 aliphatic heterocycles. The van der Waals surface area contributed by atoms with E-state index in [1.807, 2.05) is 30.3 Å². The Balaban J connectivity index is 1.67. The fourth-order valence-corrected chi connectivity index (χ4v) is 2.81. The second-order valence-electron chi connectivity index (χ2n) is 4.94. The zero-order valence-corrected chi connectivity index (χ0v) is 12.3. The molecular formula is C16H15ClN4. The number of piperazine rings is 1. The van der Waals surface area contributed by atoms with E-state index in [1.165, 1.54) is 0 Å². The number of nitrogens with zero attached hydrogens (tertiary/aromatic N) is 4. The van der Waals surface area contributed by atoms with Crippen molar-refractivity contribution in [3.8, 4) is 6.07 Å². The van der Waals surface area contributed by atoms with Gasteiger partial charge in [0.05, 0.1) is 22.6 Å². The van der Waals surface area contributed by atoms with Crippen molar-refractivity contribution in [2.75, 3.05) is 36.0 Å². The van der Waals surface area contributed by atoms with Crippen LogP contribution in [-0.2, 0) is 0 Å². The summed E-state index contributed by atoms with van der Waals surface area (Å²) in [5.74, 6) is 0. The van der Waals surface area contributed by atoms with E-state index in [2.05, 4.69) is 20.9 Å². The number of aromatic nitrogens is 1. The summed E-state index contributed by atoms with van der Waals surface area (Å²) in [6.45, 7) is 3.67. The molecule has 0 N–H and O–H groups in total. The van der Waals surface area contributed by atoms with Crippen molar-refractivity contribution in [2.45, 2.75) is 0 Å². The molecule has 1 aliphatic rings. The Morgan fingerprint density at radius 3 is 2.33 bits per heavy atom. The largest absolute Gasteiger partial charge is 0.367 e. The van der Waals surface area contributed by atoms with Gasteiger partial charge in [-0.25, -0.2) is 4.98 Å². The second kappa shape index (κ2) is 6.02. The molecule has 1 aromatic heterocycles. The van der Waals surface area contributed by atoms with Crippen LogP contribution in [0.3, 0.4) is 0 Å². The first-order chi connectivity index (χ1) is 10.3. The Morgan fingerprint density at radius 2 is 1.71 bits per heavy atom. The van der Waals surface area contributed by atoms with Gasteiger partial charge in [-0.1, -0.05) is 23.7 Å². The zero-order valence-electron chi connectivity index (χ0n) is 11.5. The zero-order chi connectivity index (χ0) is 14.7. The summed E-state index contributed by atoms with van der Waals surface area (Å²) in [4.78, 5) is 8.71. The fourth-order valence-electron chi connectivity index (χ4n) is 2.55. The van der Waals surface area contributed by atoms with Crippen molar-refractivity contribution in [1.29, 1.82) is 5.26 Å². The molecule has 0 spiro atoms. The van der Waals surface area contributed by atoms with Gasteiger partial charge in [-0.15, -0.1) is 0 Å². The third-order valence-corrected chi connectivity index (χ3v) is 4.02. The predicted molar refractivity (Wildman–Crippen MR) is 84.8 cm³/mol. The molecule has 3 rings (SSSR count). The van der Waals surface area contributed by atoms with E-state index in [-0.39, 0.29) is 0 Å². The van der Waals surface area contributed by atoms with E-state index < -0.39 is 0 Å². The minimum atomic E-state index is 0.452. The third kappa shape index (κ3) is 2.93. The molecule has 2 heterocycles. The SMILES string of the molecule is N#Cc1ccc(N2CCN(c3ccccc3Cl)CC2)cn1. The van der Waals surface area contributed by atoms with Gasteiger partial charge in [-0.05, 0) is 24.3 Å². The van der Waals surface area contributed by atoms with Gasteiger partial charge in [0.25, 0.3) is 0 Å². The van der Waals surface area contributed by atoms with Crippen LogP contribution in [-0.4, -0.2) is 31.2 Å². The molecule has 1 fully saturated rings. The molecule has 0 saturated carbocycles. The normalized spacial score (nSPS) is 14.9. The van der Waals surface area contributed by atoms with Gasteiger partial charge >= 0.3 is 0 Å². The number of pyridine rings is 1. The van der Waals surface area contributed by atoms with Crippen LogP contribution in [0.2, 0.25) is 5.02 Å². The van der Waals surface area contributed by atoms with Crippen LogP contribution in [0.1, 0.15) is 5.69 Å². The summed E-state index contributed by atoms with van der Waals surface area (Å²) in [7, 11) is 0. The molecule has 0 bridgehead atoms. The average Bonchev–Trinajstić information content (AvgIpc) is 2.56. The fraction of sp³-hybridized carbons (Fsp3) is 0.250. The molecule has 4 nitrogen and oxygen atoms in total. The van der Waals surface area contributed by atoms with Gasteiger partial charge in [0.2, 0.25) is 0 Å². The second-order valence-corrected chi connectivity index (χ2v) is 5.35. The molecule has 0 atom stereocenters. The Kier molecular flexibility index (Phi) is 3.94. The summed E-state index contributed by atoms with van der Waals surface area (Å²) in [6.07, 6.45) is 1.77. The predicted octanol–water partition coefficient (Wildman–Crippen LogP) is 2.93. The average molecular weight is 299 g/mol. The van der Waals surface area contributed by atoms with Gasteiger partial charge in [-0.2, -0.15) is 5.26 Å². The van der Waals surface area contributed by atoms with Gasteiger partial charge < -0.3 is 9.80 Å². The van der Waals surface area contributed by atoms with E-state index >= 15 is 0 Å². The van der Waals surface area contributed by atoms with Crippen molar-refractivity contribution in [2.24, 2.45) is 0 Å². The lowest BCUT2D eigenvalue weighted by Gasteiger charge is -2.37. The van der Waals surface area contributed by atoms with Crippen molar-refractivity contribution >= 4 is 23.0 Å². The topological polar surface area (TPSA) is 43.2 Å². The quantitative estimate of drug-likeness (QED) is 0.855. The lowest BCUT2D eigenvalue weighted by atomic mass is 10.2. The van der Waals surface area contributed by atoms with Crippen LogP contribution in [0.25, 0.3) is 0 Å². The summed E-state index contributed by atoms with van der Waals surface area (Å²) >= 11 is 6.25. The third-order valence-electron chi connectivity index (χ3n) is 3.70. The highest BCUT2D eigenvalue weighted by Crippen LogP contribution is 2.27. The molecular weight excluding hydrogens is 284 g/mol. The van der Waals surface area contributed by atoms with Crippen LogP contribution >= 0.6 is 11.6 Å². The molecule has 1 aromatic carbocycles. The molecule has 1 saturated heterocycles.